The predicted molar refractivity (Wildman–Crippen MR) is 106 cm³/mol. The van der Waals surface area contributed by atoms with Crippen LogP contribution in [0.3, 0.4) is 0 Å². The summed E-state index contributed by atoms with van der Waals surface area (Å²) < 4.78 is 19.7. The highest BCUT2D eigenvalue weighted by molar-refractivity contribution is 5.94. The number of furan rings is 1. The highest BCUT2D eigenvalue weighted by Gasteiger charge is 2.29. The van der Waals surface area contributed by atoms with Crippen LogP contribution in [0.4, 0.5) is 15.9 Å². The molecule has 2 aromatic heterocycles. The summed E-state index contributed by atoms with van der Waals surface area (Å²) in [6, 6.07) is 6.22. The number of rotatable bonds is 3. The van der Waals surface area contributed by atoms with Gasteiger partial charge in [-0.1, -0.05) is 12.1 Å². The third kappa shape index (κ3) is 3.32. The molecule has 0 radical (unpaired) electrons. The third-order valence-electron chi connectivity index (χ3n) is 5.34. The lowest BCUT2D eigenvalue weighted by molar-refractivity contribution is -0.120. The molecule has 0 saturated carbocycles. The van der Waals surface area contributed by atoms with Crippen molar-refractivity contribution in [2.75, 3.05) is 23.3 Å². The maximum Gasteiger partial charge on any atom is 0.231 e. The molecule has 1 aliphatic heterocycles. The molecule has 7 heteroatoms. The van der Waals surface area contributed by atoms with E-state index < -0.39 is 5.82 Å². The molecule has 0 spiro atoms. The number of para-hydroxylation sites is 1. The van der Waals surface area contributed by atoms with E-state index in [0.717, 1.165) is 41.9 Å². The summed E-state index contributed by atoms with van der Waals surface area (Å²) in [5.41, 5.74) is 1.81. The van der Waals surface area contributed by atoms with Crippen molar-refractivity contribution in [2.24, 2.45) is 5.92 Å². The number of aryl methyl sites for hydroxylation is 3. The summed E-state index contributed by atoms with van der Waals surface area (Å²) in [6.45, 7) is 7.07. The lowest BCUT2D eigenvalue weighted by Crippen LogP contribution is -2.41. The van der Waals surface area contributed by atoms with Crippen LogP contribution in [0, 0.1) is 32.5 Å². The van der Waals surface area contributed by atoms with Crippen LogP contribution in [0.15, 0.2) is 28.7 Å². The van der Waals surface area contributed by atoms with Crippen molar-refractivity contribution in [2.45, 2.75) is 33.6 Å². The number of hydrogen-bond acceptors (Lipinski definition) is 5. The summed E-state index contributed by atoms with van der Waals surface area (Å²) >= 11 is 0. The minimum absolute atomic E-state index is 0.170. The largest absolute Gasteiger partial charge is 0.443 e. The van der Waals surface area contributed by atoms with Gasteiger partial charge in [-0.05, 0) is 45.7 Å². The van der Waals surface area contributed by atoms with Crippen molar-refractivity contribution in [3.05, 3.63) is 47.2 Å². The number of nitrogens with zero attached hydrogens (tertiary/aromatic N) is 3. The number of piperidine rings is 1. The van der Waals surface area contributed by atoms with E-state index in [-0.39, 0.29) is 17.5 Å². The lowest BCUT2D eigenvalue weighted by Gasteiger charge is -2.33. The smallest absolute Gasteiger partial charge is 0.231 e. The molecule has 1 aliphatic rings. The van der Waals surface area contributed by atoms with Crippen LogP contribution in [0.2, 0.25) is 0 Å². The Labute approximate surface area is 162 Å². The second-order valence-corrected chi connectivity index (χ2v) is 7.31. The normalized spacial score (nSPS) is 17.1. The zero-order chi connectivity index (χ0) is 19.8. The second kappa shape index (κ2) is 7.22. The van der Waals surface area contributed by atoms with E-state index in [0.29, 0.717) is 18.1 Å². The van der Waals surface area contributed by atoms with Gasteiger partial charge in [0, 0.05) is 18.7 Å². The fourth-order valence-corrected chi connectivity index (χ4v) is 3.74. The molecule has 1 amide bonds. The van der Waals surface area contributed by atoms with Gasteiger partial charge in [-0.15, -0.1) is 0 Å². The van der Waals surface area contributed by atoms with Crippen LogP contribution in [0.1, 0.15) is 30.0 Å². The molecule has 1 unspecified atom stereocenters. The molecule has 1 aromatic carbocycles. The number of anilines is 2. The van der Waals surface area contributed by atoms with Crippen molar-refractivity contribution in [1.82, 2.24) is 9.97 Å². The Kier molecular flexibility index (Phi) is 4.75. The first kappa shape index (κ1) is 18.4. The summed E-state index contributed by atoms with van der Waals surface area (Å²) in [5, 5.41) is 3.63. The topological polar surface area (TPSA) is 71.3 Å². The van der Waals surface area contributed by atoms with E-state index in [1.54, 1.807) is 18.2 Å². The minimum atomic E-state index is -0.429. The van der Waals surface area contributed by atoms with Gasteiger partial charge in [0.25, 0.3) is 0 Å². The van der Waals surface area contributed by atoms with E-state index in [1.807, 2.05) is 20.8 Å². The molecular formula is C21H23FN4O2. The lowest BCUT2D eigenvalue weighted by atomic mass is 9.96. The Morgan fingerprint density at radius 1 is 1.25 bits per heavy atom. The molecular weight excluding hydrogens is 359 g/mol. The van der Waals surface area contributed by atoms with Gasteiger partial charge < -0.3 is 14.6 Å². The summed E-state index contributed by atoms with van der Waals surface area (Å²) in [7, 11) is 0. The van der Waals surface area contributed by atoms with Crippen LogP contribution in [-0.4, -0.2) is 29.0 Å². The van der Waals surface area contributed by atoms with Gasteiger partial charge in [0.15, 0.2) is 0 Å². The van der Waals surface area contributed by atoms with Crippen LogP contribution >= 0.6 is 0 Å². The number of carbonyl (C=O) groups excluding carboxylic acids is 1. The van der Waals surface area contributed by atoms with E-state index >= 15 is 0 Å². The minimum Gasteiger partial charge on any atom is -0.443 e. The molecule has 4 rings (SSSR count). The molecule has 1 N–H and O–H groups in total. The first-order chi connectivity index (χ1) is 13.4. The molecule has 3 heterocycles. The van der Waals surface area contributed by atoms with Gasteiger partial charge in [-0.3, -0.25) is 4.79 Å². The van der Waals surface area contributed by atoms with E-state index in [1.165, 1.54) is 6.07 Å². The van der Waals surface area contributed by atoms with Gasteiger partial charge in [-0.2, -0.15) is 4.98 Å². The van der Waals surface area contributed by atoms with Crippen molar-refractivity contribution in [3.8, 4) is 0 Å². The van der Waals surface area contributed by atoms with Crippen LogP contribution < -0.4 is 10.2 Å². The number of amides is 1. The maximum absolute atomic E-state index is 13.9. The summed E-state index contributed by atoms with van der Waals surface area (Å²) in [5.74, 6) is 1.42. The number of carbonyl (C=O) groups is 1. The average molecular weight is 382 g/mol. The monoisotopic (exact) mass is 382 g/mol. The molecule has 6 nitrogen and oxygen atoms in total. The predicted octanol–water partition coefficient (Wildman–Crippen LogP) is 4.14. The molecule has 0 bridgehead atoms. The van der Waals surface area contributed by atoms with E-state index in [4.69, 9.17) is 4.42 Å². The summed E-state index contributed by atoms with van der Waals surface area (Å²) in [6.07, 6.45) is 1.61. The zero-order valence-electron chi connectivity index (χ0n) is 16.3. The number of hydrogen-bond donors (Lipinski definition) is 1. The second-order valence-electron chi connectivity index (χ2n) is 7.31. The van der Waals surface area contributed by atoms with Crippen LogP contribution in [0.25, 0.3) is 11.1 Å². The number of benzene rings is 1. The average Bonchev–Trinajstić information content (AvgIpc) is 2.96. The molecule has 28 heavy (non-hydrogen) atoms. The molecule has 1 fully saturated rings. The van der Waals surface area contributed by atoms with Gasteiger partial charge in [0.1, 0.15) is 23.2 Å². The Hall–Kier alpha value is -2.96. The SMILES string of the molecule is Cc1nc(N2CCCC(C(=O)Nc3ccccc3F)C2)c2c(C)c(C)oc2n1. The Morgan fingerprint density at radius 2 is 2.04 bits per heavy atom. The number of fused-ring (bicyclic) bond motifs is 1. The van der Waals surface area contributed by atoms with Crippen molar-refractivity contribution >= 4 is 28.5 Å². The molecule has 146 valence electrons. The fraction of sp³-hybridized carbons (Fsp3) is 0.381. The van der Waals surface area contributed by atoms with Gasteiger partial charge in [-0.25, -0.2) is 9.37 Å². The zero-order valence-corrected chi connectivity index (χ0v) is 16.3. The molecule has 0 aliphatic carbocycles. The van der Waals surface area contributed by atoms with E-state index in [9.17, 15) is 9.18 Å². The van der Waals surface area contributed by atoms with Crippen molar-refractivity contribution in [1.29, 1.82) is 0 Å². The van der Waals surface area contributed by atoms with E-state index in [2.05, 4.69) is 20.2 Å². The third-order valence-corrected chi connectivity index (χ3v) is 5.34. The Balaban J connectivity index is 1.60. The molecule has 3 aromatic rings. The van der Waals surface area contributed by atoms with Crippen molar-refractivity contribution in [3.63, 3.8) is 0 Å². The van der Waals surface area contributed by atoms with Crippen molar-refractivity contribution < 1.29 is 13.6 Å². The number of aromatic nitrogens is 2. The quantitative estimate of drug-likeness (QED) is 0.737. The van der Waals surface area contributed by atoms with Gasteiger partial charge in [0.05, 0.1) is 17.0 Å². The highest BCUT2D eigenvalue weighted by atomic mass is 19.1. The maximum atomic E-state index is 13.9. The Bertz CT molecular complexity index is 1050. The van der Waals surface area contributed by atoms with Gasteiger partial charge in [0.2, 0.25) is 11.6 Å². The first-order valence-corrected chi connectivity index (χ1v) is 9.48. The van der Waals surface area contributed by atoms with Crippen LogP contribution in [-0.2, 0) is 4.79 Å². The highest BCUT2D eigenvalue weighted by Crippen LogP contribution is 2.33. The fourth-order valence-electron chi connectivity index (χ4n) is 3.74. The first-order valence-electron chi connectivity index (χ1n) is 9.48. The number of nitrogens with one attached hydrogen (secondary N) is 1. The summed E-state index contributed by atoms with van der Waals surface area (Å²) in [4.78, 5) is 23.9. The standard InChI is InChI=1S/C21H23FN4O2/c1-12-13(2)28-21-18(12)19(23-14(3)24-21)26-10-6-7-15(11-26)20(27)25-17-9-5-4-8-16(17)22/h4-5,8-9,15H,6-7,10-11H2,1-3H3,(H,25,27). The molecule has 1 atom stereocenters. The Morgan fingerprint density at radius 3 is 2.82 bits per heavy atom. The van der Waals surface area contributed by atoms with Crippen LogP contribution in [0.5, 0.6) is 0 Å². The molecule has 1 saturated heterocycles. The van der Waals surface area contributed by atoms with Gasteiger partial charge >= 0.3 is 0 Å². The number of halogens is 1.